The molecule has 0 N–H and O–H groups in total. The van der Waals surface area contributed by atoms with Gasteiger partial charge in [-0.1, -0.05) is 6.07 Å². The smallest absolute Gasteiger partial charge is 0.410 e. The van der Waals surface area contributed by atoms with E-state index in [-0.39, 0.29) is 18.0 Å². The molecular formula is C19H27NO4. The first-order chi connectivity index (χ1) is 11.2. The summed E-state index contributed by atoms with van der Waals surface area (Å²) in [5.74, 6) is -0.130. The largest absolute Gasteiger partial charge is 0.465 e. The van der Waals surface area contributed by atoms with E-state index in [1.165, 1.54) is 7.11 Å². The van der Waals surface area contributed by atoms with E-state index in [1.54, 1.807) is 4.90 Å². The second-order valence-electron chi connectivity index (χ2n) is 7.39. The molecule has 1 saturated heterocycles. The van der Waals surface area contributed by atoms with Gasteiger partial charge in [0, 0.05) is 19.0 Å². The zero-order chi connectivity index (χ0) is 17.9. The summed E-state index contributed by atoms with van der Waals surface area (Å²) in [6, 6.07) is 5.78. The summed E-state index contributed by atoms with van der Waals surface area (Å²) >= 11 is 0. The molecule has 1 aliphatic heterocycles. The van der Waals surface area contributed by atoms with Crippen molar-refractivity contribution in [2.24, 2.45) is 0 Å². The molecule has 0 aromatic heterocycles. The maximum absolute atomic E-state index is 12.3. The van der Waals surface area contributed by atoms with E-state index < -0.39 is 5.60 Å². The zero-order valence-electron chi connectivity index (χ0n) is 15.2. The highest BCUT2D eigenvalue weighted by Gasteiger charge is 2.28. The number of hydrogen-bond acceptors (Lipinski definition) is 4. The van der Waals surface area contributed by atoms with Crippen LogP contribution in [0.2, 0.25) is 0 Å². The average molecular weight is 333 g/mol. The summed E-state index contributed by atoms with van der Waals surface area (Å²) in [6.07, 6.45) is 1.64. The number of piperidine rings is 1. The van der Waals surface area contributed by atoms with Gasteiger partial charge in [-0.25, -0.2) is 9.59 Å². The van der Waals surface area contributed by atoms with Crippen LogP contribution in [-0.4, -0.2) is 42.8 Å². The van der Waals surface area contributed by atoms with Gasteiger partial charge in [0.05, 0.1) is 12.7 Å². The Hall–Kier alpha value is -2.04. The molecule has 1 aromatic carbocycles. The number of aryl methyl sites for hydroxylation is 1. The Labute approximate surface area is 143 Å². The van der Waals surface area contributed by atoms with Crippen molar-refractivity contribution in [2.45, 2.75) is 52.1 Å². The van der Waals surface area contributed by atoms with Crippen molar-refractivity contribution in [3.05, 3.63) is 34.9 Å². The molecule has 1 unspecified atom stereocenters. The Balaban J connectivity index is 2.16. The third kappa shape index (κ3) is 4.73. The standard InChI is InChI=1S/C19H27NO4/c1-13-9-15(11-16(10-13)17(21)23-5)14-7-6-8-20(12-14)18(22)24-19(2,3)4/h9-11,14H,6-8,12H2,1-5H3. The van der Waals surface area contributed by atoms with E-state index in [0.29, 0.717) is 18.7 Å². The molecule has 0 bridgehead atoms. The fraction of sp³-hybridized carbons (Fsp3) is 0.579. The summed E-state index contributed by atoms with van der Waals surface area (Å²) in [7, 11) is 1.38. The summed E-state index contributed by atoms with van der Waals surface area (Å²) < 4.78 is 10.3. The second-order valence-corrected chi connectivity index (χ2v) is 7.39. The van der Waals surface area contributed by atoms with Crippen LogP contribution in [0.3, 0.4) is 0 Å². The number of benzene rings is 1. The topological polar surface area (TPSA) is 55.8 Å². The van der Waals surface area contributed by atoms with Gasteiger partial charge < -0.3 is 14.4 Å². The molecule has 1 heterocycles. The Morgan fingerprint density at radius 1 is 1.21 bits per heavy atom. The van der Waals surface area contributed by atoms with Gasteiger partial charge in [0.1, 0.15) is 5.60 Å². The van der Waals surface area contributed by atoms with Gasteiger partial charge in [0.15, 0.2) is 0 Å². The molecule has 0 radical (unpaired) electrons. The number of amides is 1. The first-order valence-electron chi connectivity index (χ1n) is 8.37. The summed E-state index contributed by atoms with van der Waals surface area (Å²) in [5, 5.41) is 0. The Bertz CT molecular complexity index is 618. The minimum Gasteiger partial charge on any atom is -0.465 e. The van der Waals surface area contributed by atoms with Crippen LogP contribution in [0.25, 0.3) is 0 Å². The van der Waals surface area contributed by atoms with Crippen LogP contribution in [0.15, 0.2) is 18.2 Å². The summed E-state index contributed by atoms with van der Waals surface area (Å²) in [4.78, 5) is 25.9. The number of esters is 1. The lowest BCUT2D eigenvalue weighted by Gasteiger charge is -2.34. The molecule has 2 rings (SSSR count). The van der Waals surface area contributed by atoms with E-state index in [1.807, 2.05) is 39.8 Å². The third-order valence-corrected chi connectivity index (χ3v) is 4.07. The fourth-order valence-electron chi connectivity index (χ4n) is 3.03. The second kappa shape index (κ2) is 7.24. The fourth-order valence-corrected chi connectivity index (χ4v) is 3.03. The minimum absolute atomic E-state index is 0.203. The molecule has 1 amide bonds. The molecule has 5 nitrogen and oxygen atoms in total. The summed E-state index contributed by atoms with van der Waals surface area (Å²) in [6.45, 7) is 8.89. The van der Waals surface area contributed by atoms with Crippen molar-refractivity contribution < 1.29 is 19.1 Å². The molecule has 1 atom stereocenters. The van der Waals surface area contributed by atoms with Crippen LogP contribution >= 0.6 is 0 Å². The maximum atomic E-state index is 12.3. The quantitative estimate of drug-likeness (QED) is 0.770. The van der Waals surface area contributed by atoms with E-state index in [2.05, 4.69) is 6.07 Å². The number of hydrogen-bond donors (Lipinski definition) is 0. The van der Waals surface area contributed by atoms with E-state index in [9.17, 15) is 9.59 Å². The highest BCUT2D eigenvalue weighted by atomic mass is 16.6. The number of carbonyl (C=O) groups excluding carboxylic acids is 2. The molecule has 0 saturated carbocycles. The molecule has 5 heteroatoms. The monoisotopic (exact) mass is 333 g/mol. The van der Waals surface area contributed by atoms with Crippen molar-refractivity contribution in [1.29, 1.82) is 0 Å². The normalized spacial score (nSPS) is 18.2. The molecule has 0 aliphatic carbocycles. The van der Waals surface area contributed by atoms with Gasteiger partial charge in [0.2, 0.25) is 0 Å². The lowest BCUT2D eigenvalue weighted by molar-refractivity contribution is 0.0198. The molecule has 0 spiro atoms. The number of nitrogens with zero attached hydrogens (tertiary/aromatic N) is 1. The van der Waals surface area contributed by atoms with Gasteiger partial charge in [-0.3, -0.25) is 0 Å². The molecular weight excluding hydrogens is 306 g/mol. The van der Waals surface area contributed by atoms with Crippen LogP contribution in [0.1, 0.15) is 61.0 Å². The van der Waals surface area contributed by atoms with Crippen LogP contribution in [0.4, 0.5) is 4.79 Å². The predicted molar refractivity (Wildman–Crippen MR) is 92.3 cm³/mol. The third-order valence-electron chi connectivity index (χ3n) is 4.07. The van der Waals surface area contributed by atoms with E-state index in [4.69, 9.17) is 9.47 Å². The minimum atomic E-state index is -0.495. The molecule has 1 aliphatic rings. The highest BCUT2D eigenvalue weighted by molar-refractivity contribution is 5.89. The zero-order valence-corrected chi connectivity index (χ0v) is 15.2. The van der Waals surface area contributed by atoms with Gasteiger partial charge in [-0.15, -0.1) is 0 Å². The number of rotatable bonds is 2. The summed E-state index contributed by atoms with van der Waals surface area (Å²) in [5.41, 5.74) is 2.15. The van der Waals surface area contributed by atoms with Crippen LogP contribution in [0, 0.1) is 6.92 Å². The van der Waals surface area contributed by atoms with Crippen molar-refractivity contribution in [3.8, 4) is 0 Å². The van der Waals surface area contributed by atoms with Gasteiger partial charge in [-0.05, 0) is 63.8 Å². The lowest BCUT2D eigenvalue weighted by atomic mass is 9.89. The van der Waals surface area contributed by atoms with Crippen LogP contribution < -0.4 is 0 Å². The number of carbonyl (C=O) groups is 2. The first-order valence-corrected chi connectivity index (χ1v) is 8.37. The Morgan fingerprint density at radius 3 is 2.54 bits per heavy atom. The van der Waals surface area contributed by atoms with E-state index >= 15 is 0 Å². The molecule has 1 aromatic rings. The first kappa shape index (κ1) is 18.3. The van der Waals surface area contributed by atoms with Gasteiger partial charge in [-0.2, -0.15) is 0 Å². The Kier molecular flexibility index (Phi) is 5.52. The number of likely N-dealkylation sites (tertiary alicyclic amines) is 1. The molecule has 132 valence electrons. The highest BCUT2D eigenvalue weighted by Crippen LogP contribution is 2.29. The average Bonchev–Trinajstić information content (AvgIpc) is 2.52. The maximum Gasteiger partial charge on any atom is 0.410 e. The predicted octanol–water partition coefficient (Wildman–Crippen LogP) is 3.90. The number of methoxy groups -OCH3 is 1. The van der Waals surface area contributed by atoms with Gasteiger partial charge in [0.25, 0.3) is 0 Å². The van der Waals surface area contributed by atoms with Crippen molar-refractivity contribution in [2.75, 3.05) is 20.2 Å². The molecule has 1 fully saturated rings. The Morgan fingerprint density at radius 2 is 1.92 bits per heavy atom. The van der Waals surface area contributed by atoms with Crippen LogP contribution in [-0.2, 0) is 9.47 Å². The number of ether oxygens (including phenoxy) is 2. The lowest BCUT2D eigenvalue weighted by Crippen LogP contribution is -2.42. The van der Waals surface area contributed by atoms with Gasteiger partial charge >= 0.3 is 12.1 Å². The van der Waals surface area contributed by atoms with Crippen molar-refractivity contribution in [3.63, 3.8) is 0 Å². The SMILES string of the molecule is COC(=O)c1cc(C)cc(C2CCCN(C(=O)OC(C)(C)C)C2)c1. The van der Waals surface area contributed by atoms with Crippen LogP contribution in [0.5, 0.6) is 0 Å². The van der Waals surface area contributed by atoms with Crippen molar-refractivity contribution >= 4 is 12.1 Å². The molecule has 24 heavy (non-hydrogen) atoms. The van der Waals surface area contributed by atoms with E-state index in [0.717, 1.165) is 24.0 Å². The van der Waals surface area contributed by atoms with Crippen molar-refractivity contribution in [1.82, 2.24) is 4.90 Å².